The zero-order valence-corrected chi connectivity index (χ0v) is 12.3. The van der Waals surface area contributed by atoms with E-state index in [1.165, 1.54) is 0 Å². The van der Waals surface area contributed by atoms with E-state index >= 15 is 0 Å². The standard InChI is InChI=1S/C16H14FNO2S/c1-19-16-9-12(4-6-18-16)14-8-11-2-3-13(20-7-5-17)10-15(11)21-14/h2-4,6,8-10H,5,7H2,1H3. The van der Waals surface area contributed by atoms with Gasteiger partial charge in [-0.1, -0.05) is 0 Å². The van der Waals surface area contributed by atoms with Crippen molar-refractivity contribution < 1.29 is 13.9 Å². The second kappa shape index (κ2) is 6.10. The summed E-state index contributed by atoms with van der Waals surface area (Å²) in [7, 11) is 1.60. The first-order valence-electron chi connectivity index (χ1n) is 6.53. The molecule has 2 aromatic heterocycles. The summed E-state index contributed by atoms with van der Waals surface area (Å²) in [6.07, 6.45) is 1.73. The second-order valence-corrected chi connectivity index (χ2v) is 5.52. The van der Waals surface area contributed by atoms with Crippen LogP contribution in [-0.4, -0.2) is 25.4 Å². The quantitative estimate of drug-likeness (QED) is 0.703. The van der Waals surface area contributed by atoms with Gasteiger partial charge in [0.25, 0.3) is 0 Å². The predicted octanol–water partition coefficient (Wildman–Crippen LogP) is 4.32. The normalized spacial score (nSPS) is 10.8. The Hall–Kier alpha value is -2.14. The highest BCUT2D eigenvalue weighted by Crippen LogP contribution is 2.36. The van der Waals surface area contributed by atoms with E-state index in [1.807, 2.05) is 30.3 Å². The Morgan fingerprint density at radius 1 is 1.19 bits per heavy atom. The maximum Gasteiger partial charge on any atom is 0.213 e. The van der Waals surface area contributed by atoms with Crippen LogP contribution in [0.2, 0.25) is 0 Å². The summed E-state index contributed by atoms with van der Waals surface area (Å²) in [5.41, 5.74) is 1.06. The minimum atomic E-state index is -0.482. The van der Waals surface area contributed by atoms with Crippen molar-refractivity contribution in [3.8, 4) is 22.1 Å². The van der Waals surface area contributed by atoms with Crippen LogP contribution in [0.5, 0.6) is 11.6 Å². The smallest absolute Gasteiger partial charge is 0.213 e. The monoisotopic (exact) mass is 303 g/mol. The van der Waals surface area contributed by atoms with E-state index in [9.17, 15) is 4.39 Å². The summed E-state index contributed by atoms with van der Waals surface area (Å²) >= 11 is 1.66. The minimum Gasteiger partial charge on any atom is -0.491 e. The van der Waals surface area contributed by atoms with Gasteiger partial charge in [0.2, 0.25) is 5.88 Å². The van der Waals surface area contributed by atoms with Crippen LogP contribution in [0.25, 0.3) is 20.5 Å². The van der Waals surface area contributed by atoms with Gasteiger partial charge in [-0.15, -0.1) is 11.3 Å². The van der Waals surface area contributed by atoms with Crippen LogP contribution in [-0.2, 0) is 0 Å². The lowest BCUT2D eigenvalue weighted by atomic mass is 10.2. The molecule has 0 aliphatic heterocycles. The number of thiophene rings is 1. The Kier molecular flexibility index (Phi) is 4.01. The molecule has 1 aromatic carbocycles. The fourth-order valence-corrected chi connectivity index (χ4v) is 3.16. The van der Waals surface area contributed by atoms with Gasteiger partial charge < -0.3 is 9.47 Å². The summed E-state index contributed by atoms with van der Waals surface area (Å²) in [5, 5.41) is 1.14. The maximum absolute atomic E-state index is 12.1. The lowest BCUT2D eigenvalue weighted by molar-refractivity contribution is 0.273. The number of aromatic nitrogens is 1. The SMILES string of the molecule is COc1cc(-c2cc3ccc(OCCF)cc3s2)ccn1. The Balaban J connectivity index is 1.96. The molecule has 0 aliphatic carbocycles. The molecule has 0 amide bonds. The van der Waals surface area contributed by atoms with Crippen LogP contribution in [0.3, 0.4) is 0 Å². The van der Waals surface area contributed by atoms with Crippen molar-refractivity contribution in [1.29, 1.82) is 0 Å². The first-order valence-corrected chi connectivity index (χ1v) is 7.34. The van der Waals surface area contributed by atoms with Gasteiger partial charge in [0.05, 0.1) is 7.11 Å². The van der Waals surface area contributed by atoms with Crippen molar-refractivity contribution in [3.05, 3.63) is 42.6 Å². The molecule has 0 fully saturated rings. The third-order valence-electron chi connectivity index (χ3n) is 3.07. The van der Waals surface area contributed by atoms with E-state index in [0.717, 1.165) is 20.5 Å². The third-order valence-corrected chi connectivity index (χ3v) is 4.21. The number of rotatable bonds is 5. The minimum absolute atomic E-state index is 0.0886. The average Bonchev–Trinajstić information content (AvgIpc) is 2.96. The van der Waals surface area contributed by atoms with Crippen LogP contribution in [0, 0.1) is 0 Å². The molecule has 0 unspecified atom stereocenters. The number of hydrogen-bond acceptors (Lipinski definition) is 4. The molecule has 5 heteroatoms. The van der Waals surface area contributed by atoms with Crippen LogP contribution in [0.4, 0.5) is 4.39 Å². The van der Waals surface area contributed by atoms with Gasteiger partial charge >= 0.3 is 0 Å². The predicted molar refractivity (Wildman–Crippen MR) is 83.1 cm³/mol. The highest BCUT2D eigenvalue weighted by molar-refractivity contribution is 7.22. The van der Waals surface area contributed by atoms with E-state index in [2.05, 4.69) is 11.1 Å². The molecule has 3 aromatic rings. The van der Waals surface area contributed by atoms with E-state index in [4.69, 9.17) is 9.47 Å². The first kappa shape index (κ1) is 13.8. The third kappa shape index (κ3) is 2.97. The Morgan fingerprint density at radius 3 is 2.90 bits per heavy atom. The number of ether oxygens (including phenoxy) is 2. The number of hydrogen-bond donors (Lipinski definition) is 0. The molecule has 0 radical (unpaired) electrons. The van der Waals surface area contributed by atoms with Gasteiger partial charge in [-0.05, 0) is 41.3 Å². The zero-order chi connectivity index (χ0) is 14.7. The van der Waals surface area contributed by atoms with Crippen LogP contribution < -0.4 is 9.47 Å². The van der Waals surface area contributed by atoms with Crippen LogP contribution >= 0.6 is 11.3 Å². The number of pyridine rings is 1. The Labute approximate surface area is 126 Å². The summed E-state index contributed by atoms with van der Waals surface area (Å²) in [6.45, 7) is -0.393. The number of benzene rings is 1. The van der Waals surface area contributed by atoms with Crippen molar-refractivity contribution in [3.63, 3.8) is 0 Å². The average molecular weight is 303 g/mol. The largest absolute Gasteiger partial charge is 0.491 e. The fourth-order valence-electron chi connectivity index (χ4n) is 2.07. The topological polar surface area (TPSA) is 31.4 Å². The second-order valence-electron chi connectivity index (χ2n) is 4.43. The lowest BCUT2D eigenvalue weighted by Gasteiger charge is -2.02. The molecule has 2 heterocycles. The molecular formula is C16H14FNO2S. The van der Waals surface area contributed by atoms with Crippen molar-refractivity contribution >= 4 is 21.4 Å². The van der Waals surface area contributed by atoms with Gasteiger partial charge in [0, 0.05) is 21.8 Å². The summed E-state index contributed by atoms with van der Waals surface area (Å²) in [5.74, 6) is 1.29. The van der Waals surface area contributed by atoms with E-state index in [-0.39, 0.29) is 6.61 Å². The summed E-state index contributed by atoms with van der Waals surface area (Å²) < 4.78 is 23.7. The number of methoxy groups -OCH3 is 1. The van der Waals surface area contributed by atoms with E-state index in [0.29, 0.717) is 11.6 Å². The number of nitrogens with zero attached hydrogens (tertiary/aromatic N) is 1. The van der Waals surface area contributed by atoms with Crippen molar-refractivity contribution in [2.45, 2.75) is 0 Å². The van der Waals surface area contributed by atoms with Gasteiger partial charge in [0.1, 0.15) is 19.0 Å². The van der Waals surface area contributed by atoms with Crippen molar-refractivity contribution in [2.24, 2.45) is 0 Å². The van der Waals surface area contributed by atoms with Crippen molar-refractivity contribution in [1.82, 2.24) is 4.98 Å². The number of fused-ring (bicyclic) bond motifs is 1. The molecule has 3 rings (SSSR count). The Morgan fingerprint density at radius 2 is 2.10 bits per heavy atom. The molecule has 0 saturated heterocycles. The van der Waals surface area contributed by atoms with Gasteiger partial charge in [-0.2, -0.15) is 0 Å². The first-order chi connectivity index (χ1) is 10.3. The highest BCUT2D eigenvalue weighted by atomic mass is 32.1. The zero-order valence-electron chi connectivity index (χ0n) is 11.5. The molecule has 108 valence electrons. The summed E-state index contributed by atoms with van der Waals surface area (Å²) in [4.78, 5) is 5.24. The molecule has 0 aliphatic rings. The van der Waals surface area contributed by atoms with Crippen LogP contribution in [0.1, 0.15) is 0 Å². The van der Waals surface area contributed by atoms with Crippen molar-refractivity contribution in [2.75, 3.05) is 20.4 Å². The van der Waals surface area contributed by atoms with Gasteiger partial charge in [-0.25, -0.2) is 9.37 Å². The van der Waals surface area contributed by atoms with E-state index < -0.39 is 6.67 Å². The molecule has 0 atom stereocenters. The van der Waals surface area contributed by atoms with E-state index in [1.54, 1.807) is 24.6 Å². The highest BCUT2D eigenvalue weighted by Gasteiger charge is 2.07. The Bertz CT molecular complexity index is 757. The fraction of sp³-hybridized carbons (Fsp3) is 0.188. The molecule has 21 heavy (non-hydrogen) atoms. The molecule has 3 nitrogen and oxygen atoms in total. The lowest BCUT2D eigenvalue weighted by Crippen LogP contribution is -1.97. The molecule has 0 bridgehead atoms. The van der Waals surface area contributed by atoms with Gasteiger partial charge in [-0.3, -0.25) is 0 Å². The number of halogens is 1. The summed E-state index contributed by atoms with van der Waals surface area (Å²) in [6, 6.07) is 11.8. The molecule has 0 N–H and O–H groups in total. The number of alkyl halides is 1. The maximum atomic E-state index is 12.1. The molecular weight excluding hydrogens is 289 g/mol. The molecule has 0 saturated carbocycles. The van der Waals surface area contributed by atoms with Crippen LogP contribution in [0.15, 0.2) is 42.6 Å². The molecule has 0 spiro atoms. The van der Waals surface area contributed by atoms with Gasteiger partial charge in [0.15, 0.2) is 0 Å².